The SMILES string of the molecule is CC(C)c1csc2ncnc(N3C4CCC3CC(COCCN3CCCC3)C4)c12. The zero-order chi connectivity index (χ0) is 19.8. The van der Waals surface area contributed by atoms with E-state index in [1.165, 1.54) is 68.4 Å². The van der Waals surface area contributed by atoms with Gasteiger partial charge in [0.1, 0.15) is 17.0 Å². The first kappa shape index (κ1) is 19.7. The molecule has 3 aliphatic rings. The molecule has 0 spiro atoms. The topological polar surface area (TPSA) is 41.5 Å². The van der Waals surface area contributed by atoms with Crippen LogP contribution in [0.4, 0.5) is 5.82 Å². The molecule has 0 radical (unpaired) electrons. The summed E-state index contributed by atoms with van der Waals surface area (Å²) in [7, 11) is 0. The molecule has 29 heavy (non-hydrogen) atoms. The molecule has 3 fully saturated rings. The van der Waals surface area contributed by atoms with Crippen LogP contribution in [0.5, 0.6) is 0 Å². The minimum Gasteiger partial charge on any atom is -0.380 e. The summed E-state index contributed by atoms with van der Waals surface area (Å²) in [4.78, 5) is 15.7. The summed E-state index contributed by atoms with van der Waals surface area (Å²) in [6.45, 7) is 10.0. The zero-order valence-electron chi connectivity index (χ0n) is 17.8. The number of thiophene rings is 1. The molecule has 0 saturated carbocycles. The van der Waals surface area contributed by atoms with Crippen LogP contribution in [0.25, 0.3) is 10.2 Å². The Morgan fingerprint density at radius 2 is 1.90 bits per heavy atom. The van der Waals surface area contributed by atoms with Gasteiger partial charge in [-0.05, 0) is 74.4 Å². The van der Waals surface area contributed by atoms with Crippen LogP contribution in [0.2, 0.25) is 0 Å². The summed E-state index contributed by atoms with van der Waals surface area (Å²) >= 11 is 1.77. The third-order valence-electron chi connectivity index (χ3n) is 7.18. The Labute approximate surface area is 178 Å². The standard InChI is InChI=1S/C23H34N4OS/c1-16(2)20-14-29-23-21(20)22(24-15-25-23)27-18-5-6-19(27)12-17(11-18)13-28-10-9-26-7-3-4-8-26/h14-19H,3-13H2,1-2H3. The van der Waals surface area contributed by atoms with Gasteiger partial charge in [-0.15, -0.1) is 11.3 Å². The maximum absolute atomic E-state index is 6.12. The van der Waals surface area contributed by atoms with Crippen molar-refractivity contribution in [2.24, 2.45) is 5.92 Å². The van der Waals surface area contributed by atoms with Crippen LogP contribution in [0.3, 0.4) is 0 Å². The molecule has 2 bridgehead atoms. The zero-order valence-corrected chi connectivity index (χ0v) is 18.7. The van der Waals surface area contributed by atoms with Crippen molar-refractivity contribution >= 4 is 27.4 Å². The normalized spacial score (nSPS) is 27.6. The molecule has 0 aliphatic carbocycles. The summed E-state index contributed by atoms with van der Waals surface area (Å²) in [5.41, 5.74) is 1.41. The van der Waals surface area contributed by atoms with Crippen LogP contribution >= 0.6 is 11.3 Å². The van der Waals surface area contributed by atoms with Crippen molar-refractivity contribution in [1.29, 1.82) is 0 Å². The van der Waals surface area contributed by atoms with Crippen molar-refractivity contribution in [3.63, 3.8) is 0 Å². The predicted octanol–water partition coefficient (Wildman–Crippen LogP) is 4.67. The number of nitrogens with zero attached hydrogens (tertiary/aromatic N) is 4. The Morgan fingerprint density at radius 1 is 1.14 bits per heavy atom. The summed E-state index contributed by atoms with van der Waals surface area (Å²) in [6, 6.07) is 1.22. The highest BCUT2D eigenvalue weighted by atomic mass is 32.1. The van der Waals surface area contributed by atoms with Crippen molar-refractivity contribution in [2.75, 3.05) is 37.7 Å². The van der Waals surface area contributed by atoms with E-state index in [9.17, 15) is 0 Å². The highest BCUT2D eigenvalue weighted by molar-refractivity contribution is 7.17. The Morgan fingerprint density at radius 3 is 2.62 bits per heavy atom. The van der Waals surface area contributed by atoms with E-state index in [1.54, 1.807) is 17.7 Å². The summed E-state index contributed by atoms with van der Waals surface area (Å²) < 4.78 is 6.12. The molecule has 2 unspecified atom stereocenters. The highest BCUT2D eigenvalue weighted by Crippen LogP contribution is 2.45. The van der Waals surface area contributed by atoms with Gasteiger partial charge in [-0.25, -0.2) is 9.97 Å². The van der Waals surface area contributed by atoms with Gasteiger partial charge in [0.05, 0.1) is 12.0 Å². The molecule has 6 heteroatoms. The Kier molecular flexibility index (Phi) is 5.76. The Bertz CT molecular complexity index is 817. The van der Waals surface area contributed by atoms with Crippen molar-refractivity contribution in [3.05, 3.63) is 17.3 Å². The molecule has 0 aromatic carbocycles. The van der Waals surface area contributed by atoms with Crippen LogP contribution in [0, 0.1) is 5.92 Å². The van der Waals surface area contributed by atoms with Crippen molar-refractivity contribution in [2.45, 2.75) is 70.4 Å². The van der Waals surface area contributed by atoms with Crippen LogP contribution in [-0.2, 0) is 4.74 Å². The minimum absolute atomic E-state index is 0.507. The van der Waals surface area contributed by atoms with Crippen LogP contribution in [0.1, 0.15) is 63.9 Å². The molecule has 3 saturated heterocycles. The predicted molar refractivity (Wildman–Crippen MR) is 120 cm³/mol. The first-order valence-corrected chi connectivity index (χ1v) is 12.4. The molecule has 2 atom stereocenters. The highest BCUT2D eigenvalue weighted by Gasteiger charge is 2.42. The lowest BCUT2D eigenvalue weighted by Gasteiger charge is -2.40. The number of fused-ring (bicyclic) bond motifs is 3. The maximum atomic E-state index is 6.12. The average molecular weight is 415 g/mol. The monoisotopic (exact) mass is 414 g/mol. The lowest BCUT2D eigenvalue weighted by molar-refractivity contribution is 0.0700. The van der Waals surface area contributed by atoms with Crippen LogP contribution < -0.4 is 4.90 Å². The van der Waals surface area contributed by atoms with Gasteiger partial charge in [0.15, 0.2) is 0 Å². The fraction of sp³-hybridized carbons (Fsp3) is 0.739. The molecule has 5 nitrogen and oxygen atoms in total. The first-order valence-electron chi connectivity index (χ1n) is 11.5. The number of piperidine rings is 1. The van der Waals surface area contributed by atoms with Gasteiger partial charge in [-0.2, -0.15) is 0 Å². The van der Waals surface area contributed by atoms with E-state index in [0.717, 1.165) is 24.6 Å². The van der Waals surface area contributed by atoms with E-state index in [-0.39, 0.29) is 0 Å². The number of hydrogen-bond donors (Lipinski definition) is 0. The van der Waals surface area contributed by atoms with E-state index in [4.69, 9.17) is 9.72 Å². The molecule has 0 amide bonds. The lowest BCUT2D eigenvalue weighted by atomic mass is 9.91. The number of ether oxygens (including phenoxy) is 1. The molecule has 158 valence electrons. The molecule has 3 aliphatic heterocycles. The van der Waals surface area contributed by atoms with E-state index in [2.05, 4.69) is 34.0 Å². The lowest BCUT2D eigenvalue weighted by Crippen LogP contribution is -2.44. The van der Waals surface area contributed by atoms with E-state index < -0.39 is 0 Å². The van der Waals surface area contributed by atoms with Gasteiger partial charge in [-0.3, -0.25) is 0 Å². The Balaban J connectivity index is 1.25. The maximum Gasteiger partial charge on any atom is 0.141 e. The van der Waals surface area contributed by atoms with Crippen LogP contribution in [0.15, 0.2) is 11.7 Å². The van der Waals surface area contributed by atoms with Gasteiger partial charge in [0, 0.05) is 25.2 Å². The summed E-state index contributed by atoms with van der Waals surface area (Å²) in [6.07, 6.45) is 9.57. The second-order valence-corrected chi connectivity index (χ2v) is 10.3. The Hall–Kier alpha value is -1.24. The number of aromatic nitrogens is 2. The van der Waals surface area contributed by atoms with Gasteiger partial charge in [0.2, 0.25) is 0 Å². The third-order valence-corrected chi connectivity index (χ3v) is 8.08. The fourth-order valence-electron chi connectivity index (χ4n) is 5.72. The minimum atomic E-state index is 0.507. The third kappa shape index (κ3) is 3.91. The molecule has 2 aromatic heterocycles. The van der Waals surface area contributed by atoms with Crippen molar-refractivity contribution < 1.29 is 4.74 Å². The molecule has 2 aromatic rings. The quantitative estimate of drug-likeness (QED) is 0.616. The first-order chi connectivity index (χ1) is 14.2. The molecule has 5 heterocycles. The van der Waals surface area contributed by atoms with Crippen molar-refractivity contribution in [1.82, 2.24) is 14.9 Å². The van der Waals surface area contributed by atoms with E-state index in [1.807, 2.05) is 0 Å². The van der Waals surface area contributed by atoms with E-state index in [0.29, 0.717) is 23.9 Å². The van der Waals surface area contributed by atoms with Crippen LogP contribution in [-0.4, -0.2) is 59.8 Å². The largest absolute Gasteiger partial charge is 0.380 e. The van der Waals surface area contributed by atoms with Gasteiger partial charge >= 0.3 is 0 Å². The second-order valence-electron chi connectivity index (χ2n) is 9.48. The average Bonchev–Trinajstić information content (AvgIpc) is 3.43. The molecular weight excluding hydrogens is 380 g/mol. The number of likely N-dealkylation sites (tertiary alicyclic amines) is 1. The second kappa shape index (κ2) is 8.48. The number of rotatable bonds is 7. The van der Waals surface area contributed by atoms with Gasteiger partial charge in [0.25, 0.3) is 0 Å². The number of anilines is 1. The van der Waals surface area contributed by atoms with Crippen molar-refractivity contribution in [3.8, 4) is 0 Å². The number of hydrogen-bond acceptors (Lipinski definition) is 6. The summed E-state index contributed by atoms with van der Waals surface area (Å²) in [5, 5.41) is 3.60. The fourth-order valence-corrected chi connectivity index (χ4v) is 6.79. The van der Waals surface area contributed by atoms with E-state index >= 15 is 0 Å². The molecule has 0 N–H and O–H groups in total. The molecular formula is C23H34N4OS. The van der Waals surface area contributed by atoms with Gasteiger partial charge < -0.3 is 14.5 Å². The molecule has 5 rings (SSSR count). The summed E-state index contributed by atoms with van der Waals surface area (Å²) in [5.74, 6) is 2.40. The van der Waals surface area contributed by atoms with Gasteiger partial charge in [-0.1, -0.05) is 13.8 Å². The smallest absolute Gasteiger partial charge is 0.141 e.